The molecule has 0 bridgehead atoms. The van der Waals surface area contributed by atoms with E-state index in [9.17, 15) is 0 Å². The normalized spacial score (nSPS) is 26.6. The summed E-state index contributed by atoms with van der Waals surface area (Å²) in [5, 5.41) is 0. The van der Waals surface area contributed by atoms with Gasteiger partial charge in [0.25, 0.3) is 0 Å². The maximum Gasteiger partial charge on any atom is 0.0531 e. The lowest BCUT2D eigenvalue weighted by Gasteiger charge is -2.28. The van der Waals surface area contributed by atoms with Crippen LogP contribution in [0.5, 0.6) is 0 Å². The monoisotopic (exact) mass is 101 g/mol. The summed E-state index contributed by atoms with van der Waals surface area (Å²) in [4.78, 5) is 0. The largest absolute Gasteiger partial charge is 0.381 e. The molecule has 0 aliphatic carbocycles. The van der Waals surface area contributed by atoms with Gasteiger partial charge in [-0.05, 0) is 6.92 Å². The smallest absolute Gasteiger partial charge is 0.0531 e. The van der Waals surface area contributed by atoms with Crippen molar-refractivity contribution in [2.24, 2.45) is 11.7 Å². The summed E-state index contributed by atoms with van der Waals surface area (Å²) in [5.74, 6) is 0.639. The van der Waals surface area contributed by atoms with E-state index in [2.05, 4.69) is 0 Å². The van der Waals surface area contributed by atoms with Crippen molar-refractivity contribution in [2.75, 3.05) is 13.2 Å². The first-order valence-electron chi connectivity index (χ1n) is 2.64. The van der Waals surface area contributed by atoms with Crippen molar-refractivity contribution >= 4 is 0 Å². The molecule has 1 aliphatic rings. The Bertz CT molecular complexity index is 59.1. The summed E-state index contributed by atoms with van der Waals surface area (Å²) in [7, 11) is 0. The van der Waals surface area contributed by atoms with Gasteiger partial charge in [-0.15, -0.1) is 0 Å². The third kappa shape index (κ3) is 0.924. The maximum absolute atomic E-state index is 5.52. The van der Waals surface area contributed by atoms with Crippen LogP contribution in [0, 0.1) is 5.92 Å². The van der Waals surface area contributed by atoms with Crippen molar-refractivity contribution in [3.05, 3.63) is 0 Å². The summed E-state index contributed by atoms with van der Waals surface area (Å²) in [6, 6.07) is 0.328. The second-order valence-corrected chi connectivity index (χ2v) is 2.16. The zero-order valence-electron chi connectivity index (χ0n) is 4.55. The molecule has 1 aliphatic heterocycles. The maximum atomic E-state index is 5.52. The standard InChI is InChI=1S/C5H11NO/c1-4(6)5-2-7-3-5/h4-5H,2-3,6H2,1H3/t4-/m1/s1. The summed E-state index contributed by atoms with van der Waals surface area (Å²) in [6.07, 6.45) is 0. The predicted molar refractivity (Wildman–Crippen MR) is 28.0 cm³/mol. The van der Waals surface area contributed by atoms with E-state index in [0.717, 1.165) is 13.2 Å². The molecule has 1 fully saturated rings. The van der Waals surface area contributed by atoms with Crippen LogP contribution in [0.1, 0.15) is 6.92 Å². The van der Waals surface area contributed by atoms with Gasteiger partial charge in [-0.3, -0.25) is 0 Å². The number of hydrogen-bond donors (Lipinski definition) is 1. The number of ether oxygens (including phenoxy) is 1. The lowest BCUT2D eigenvalue weighted by molar-refractivity contribution is -0.0408. The van der Waals surface area contributed by atoms with Crippen LogP contribution in [0.15, 0.2) is 0 Å². The summed E-state index contributed by atoms with van der Waals surface area (Å²) >= 11 is 0. The molecule has 0 spiro atoms. The van der Waals surface area contributed by atoms with Crippen LogP contribution in [0.4, 0.5) is 0 Å². The molecule has 2 heteroatoms. The third-order valence-electron chi connectivity index (χ3n) is 1.41. The van der Waals surface area contributed by atoms with Gasteiger partial charge in [-0.25, -0.2) is 0 Å². The van der Waals surface area contributed by atoms with Gasteiger partial charge >= 0.3 is 0 Å². The van der Waals surface area contributed by atoms with Crippen LogP contribution >= 0.6 is 0 Å². The molecule has 0 radical (unpaired) electrons. The molecule has 1 heterocycles. The van der Waals surface area contributed by atoms with Gasteiger partial charge < -0.3 is 10.5 Å². The molecule has 2 nitrogen and oxygen atoms in total. The Kier molecular flexibility index (Phi) is 1.30. The highest BCUT2D eigenvalue weighted by Crippen LogP contribution is 2.11. The van der Waals surface area contributed by atoms with E-state index in [4.69, 9.17) is 10.5 Å². The van der Waals surface area contributed by atoms with Gasteiger partial charge in [0.15, 0.2) is 0 Å². The van der Waals surface area contributed by atoms with E-state index in [1.54, 1.807) is 0 Å². The van der Waals surface area contributed by atoms with Gasteiger partial charge in [0.2, 0.25) is 0 Å². The first-order chi connectivity index (χ1) is 3.30. The molecule has 1 rings (SSSR count). The molecule has 0 amide bonds. The molecule has 0 unspecified atom stereocenters. The van der Waals surface area contributed by atoms with Crippen LogP contribution in [-0.2, 0) is 4.74 Å². The SMILES string of the molecule is C[C@@H](N)C1COC1. The molecule has 0 aromatic carbocycles. The Labute approximate surface area is 43.6 Å². The zero-order valence-corrected chi connectivity index (χ0v) is 4.55. The highest BCUT2D eigenvalue weighted by Gasteiger charge is 2.21. The lowest BCUT2D eigenvalue weighted by Crippen LogP contribution is -2.40. The molecule has 7 heavy (non-hydrogen) atoms. The molecule has 0 aromatic heterocycles. The predicted octanol–water partition coefficient (Wildman–Crippen LogP) is -0.0200. The Hall–Kier alpha value is -0.0800. The summed E-state index contributed by atoms with van der Waals surface area (Å²) < 4.78 is 4.92. The van der Waals surface area contributed by atoms with Gasteiger partial charge in [0, 0.05) is 12.0 Å². The molecule has 42 valence electrons. The van der Waals surface area contributed by atoms with E-state index in [1.165, 1.54) is 0 Å². The molecule has 2 N–H and O–H groups in total. The number of rotatable bonds is 1. The second kappa shape index (κ2) is 1.80. The van der Waals surface area contributed by atoms with Crippen molar-refractivity contribution in [3.8, 4) is 0 Å². The van der Waals surface area contributed by atoms with Crippen LogP contribution < -0.4 is 5.73 Å². The van der Waals surface area contributed by atoms with Crippen molar-refractivity contribution in [1.82, 2.24) is 0 Å². The van der Waals surface area contributed by atoms with Crippen LogP contribution in [0.25, 0.3) is 0 Å². The molecule has 1 saturated heterocycles. The molecule has 0 saturated carbocycles. The third-order valence-corrected chi connectivity index (χ3v) is 1.41. The first kappa shape index (κ1) is 5.06. The fourth-order valence-electron chi connectivity index (χ4n) is 0.557. The average molecular weight is 101 g/mol. The zero-order chi connectivity index (χ0) is 5.28. The Balaban J connectivity index is 2.14. The quantitative estimate of drug-likeness (QED) is 0.503. The molecule has 1 atom stereocenters. The Morgan fingerprint density at radius 1 is 1.71 bits per heavy atom. The second-order valence-electron chi connectivity index (χ2n) is 2.16. The van der Waals surface area contributed by atoms with Crippen molar-refractivity contribution < 1.29 is 4.74 Å². The Morgan fingerprint density at radius 2 is 2.29 bits per heavy atom. The Morgan fingerprint density at radius 3 is 2.29 bits per heavy atom. The van der Waals surface area contributed by atoms with Crippen LogP contribution in [-0.4, -0.2) is 19.3 Å². The molecule has 0 aromatic rings. The van der Waals surface area contributed by atoms with E-state index in [1.807, 2.05) is 6.92 Å². The van der Waals surface area contributed by atoms with E-state index in [0.29, 0.717) is 12.0 Å². The van der Waals surface area contributed by atoms with E-state index >= 15 is 0 Å². The average Bonchev–Trinajstić information content (AvgIpc) is 1.23. The molecular weight excluding hydrogens is 90.1 g/mol. The number of hydrogen-bond acceptors (Lipinski definition) is 2. The summed E-state index contributed by atoms with van der Waals surface area (Å²) in [6.45, 7) is 3.77. The minimum Gasteiger partial charge on any atom is -0.381 e. The van der Waals surface area contributed by atoms with E-state index < -0.39 is 0 Å². The van der Waals surface area contributed by atoms with E-state index in [-0.39, 0.29) is 0 Å². The minimum absolute atomic E-state index is 0.328. The van der Waals surface area contributed by atoms with Gasteiger partial charge in [0.05, 0.1) is 13.2 Å². The molecular formula is C5H11NO. The van der Waals surface area contributed by atoms with Crippen LogP contribution in [0.3, 0.4) is 0 Å². The fourth-order valence-corrected chi connectivity index (χ4v) is 0.557. The highest BCUT2D eigenvalue weighted by atomic mass is 16.5. The van der Waals surface area contributed by atoms with Crippen molar-refractivity contribution in [2.45, 2.75) is 13.0 Å². The fraction of sp³-hybridized carbons (Fsp3) is 1.00. The van der Waals surface area contributed by atoms with Crippen LogP contribution in [0.2, 0.25) is 0 Å². The minimum atomic E-state index is 0.328. The lowest BCUT2D eigenvalue weighted by atomic mass is 10.0. The summed E-state index contributed by atoms with van der Waals surface area (Å²) in [5.41, 5.74) is 5.52. The van der Waals surface area contributed by atoms with Crippen molar-refractivity contribution in [1.29, 1.82) is 0 Å². The van der Waals surface area contributed by atoms with Gasteiger partial charge in [-0.2, -0.15) is 0 Å². The first-order valence-corrected chi connectivity index (χ1v) is 2.64. The topological polar surface area (TPSA) is 35.2 Å². The van der Waals surface area contributed by atoms with Crippen molar-refractivity contribution in [3.63, 3.8) is 0 Å². The highest BCUT2D eigenvalue weighted by molar-refractivity contribution is 4.73. The number of nitrogens with two attached hydrogens (primary N) is 1. The van der Waals surface area contributed by atoms with Gasteiger partial charge in [-0.1, -0.05) is 0 Å². The van der Waals surface area contributed by atoms with Gasteiger partial charge in [0.1, 0.15) is 0 Å².